The predicted molar refractivity (Wildman–Crippen MR) is 96.1 cm³/mol. The van der Waals surface area contributed by atoms with Crippen LogP contribution in [-0.2, 0) is 17.6 Å². The van der Waals surface area contributed by atoms with Crippen molar-refractivity contribution in [3.63, 3.8) is 0 Å². The van der Waals surface area contributed by atoms with Crippen molar-refractivity contribution in [3.05, 3.63) is 59.2 Å². The molecular weight excluding hydrogens is 284 g/mol. The highest BCUT2D eigenvalue weighted by Crippen LogP contribution is 2.32. The van der Waals surface area contributed by atoms with E-state index in [2.05, 4.69) is 50.4 Å². The molecular formula is C20H24N2O. The summed E-state index contributed by atoms with van der Waals surface area (Å²) in [7, 11) is 0. The van der Waals surface area contributed by atoms with Crippen molar-refractivity contribution in [1.82, 2.24) is 0 Å². The van der Waals surface area contributed by atoms with Gasteiger partial charge in [-0.2, -0.15) is 0 Å². The highest BCUT2D eigenvalue weighted by atomic mass is 16.2. The number of hydrogen-bond donors (Lipinski definition) is 1. The summed E-state index contributed by atoms with van der Waals surface area (Å²) in [5.74, 6) is 0.132. The molecule has 1 N–H and O–H groups in total. The van der Waals surface area contributed by atoms with Gasteiger partial charge in [-0.3, -0.25) is 4.79 Å². The van der Waals surface area contributed by atoms with Crippen LogP contribution < -0.4 is 10.2 Å². The monoisotopic (exact) mass is 308 g/mol. The fourth-order valence-electron chi connectivity index (χ4n) is 3.47. The Kier molecular flexibility index (Phi) is 4.37. The van der Waals surface area contributed by atoms with E-state index in [0.29, 0.717) is 6.54 Å². The van der Waals surface area contributed by atoms with Crippen molar-refractivity contribution in [1.29, 1.82) is 0 Å². The molecule has 1 aliphatic rings. The van der Waals surface area contributed by atoms with Crippen LogP contribution in [0.15, 0.2) is 42.5 Å². The molecule has 0 aromatic heterocycles. The lowest BCUT2D eigenvalue weighted by molar-refractivity contribution is -0.117. The zero-order valence-electron chi connectivity index (χ0n) is 14.1. The van der Waals surface area contributed by atoms with Crippen molar-refractivity contribution in [3.8, 4) is 0 Å². The standard InChI is InChI=1S/C20H24N2O/c1-4-16-10-7-8-14(2)20(16)21-13-19(23)22-15(3)12-17-9-5-6-11-18(17)22/h5-11,15,21H,4,12-13H2,1-3H3. The van der Waals surface area contributed by atoms with Crippen LogP contribution in [0.5, 0.6) is 0 Å². The maximum absolute atomic E-state index is 12.8. The van der Waals surface area contributed by atoms with Crippen LogP contribution in [-0.4, -0.2) is 18.5 Å². The Morgan fingerprint density at radius 1 is 1.22 bits per heavy atom. The molecule has 1 atom stereocenters. The molecule has 0 fully saturated rings. The van der Waals surface area contributed by atoms with Gasteiger partial charge in [0.05, 0.1) is 6.54 Å². The van der Waals surface area contributed by atoms with Gasteiger partial charge >= 0.3 is 0 Å². The molecule has 3 heteroatoms. The molecule has 3 rings (SSSR count). The third-order valence-corrected chi connectivity index (χ3v) is 4.63. The number of carbonyl (C=O) groups is 1. The third-order valence-electron chi connectivity index (χ3n) is 4.63. The second kappa shape index (κ2) is 6.45. The Bertz CT molecular complexity index is 723. The number of carbonyl (C=O) groups excluding carboxylic acids is 1. The summed E-state index contributed by atoms with van der Waals surface area (Å²) in [5.41, 5.74) is 5.87. The van der Waals surface area contributed by atoms with Crippen LogP contribution in [0.2, 0.25) is 0 Å². The van der Waals surface area contributed by atoms with Crippen molar-refractivity contribution in [2.45, 2.75) is 39.7 Å². The minimum absolute atomic E-state index is 0.132. The summed E-state index contributed by atoms with van der Waals surface area (Å²) >= 11 is 0. The first-order valence-corrected chi connectivity index (χ1v) is 8.34. The second-order valence-electron chi connectivity index (χ2n) is 6.26. The van der Waals surface area contributed by atoms with Crippen molar-refractivity contribution in [2.24, 2.45) is 0 Å². The molecule has 0 radical (unpaired) electrons. The van der Waals surface area contributed by atoms with E-state index >= 15 is 0 Å². The van der Waals surface area contributed by atoms with E-state index in [1.807, 2.05) is 23.1 Å². The molecule has 0 aliphatic carbocycles. The summed E-state index contributed by atoms with van der Waals surface area (Å²) in [6.45, 7) is 6.67. The van der Waals surface area contributed by atoms with Crippen LogP contribution in [0.4, 0.5) is 11.4 Å². The van der Waals surface area contributed by atoms with E-state index in [1.54, 1.807) is 0 Å². The fourth-order valence-corrected chi connectivity index (χ4v) is 3.47. The second-order valence-corrected chi connectivity index (χ2v) is 6.26. The Labute approximate surface area is 138 Å². The van der Waals surface area contributed by atoms with Gasteiger partial charge in [0.25, 0.3) is 0 Å². The Balaban J connectivity index is 1.76. The minimum atomic E-state index is 0.132. The number of nitrogens with zero attached hydrogens (tertiary/aromatic N) is 1. The molecule has 0 saturated carbocycles. The molecule has 120 valence electrons. The molecule has 0 saturated heterocycles. The Morgan fingerprint density at radius 2 is 2.00 bits per heavy atom. The molecule has 1 amide bonds. The summed E-state index contributed by atoms with van der Waals surface area (Å²) in [6, 6.07) is 14.7. The number of nitrogens with one attached hydrogen (secondary N) is 1. The summed E-state index contributed by atoms with van der Waals surface area (Å²) in [5, 5.41) is 3.37. The van der Waals surface area contributed by atoms with E-state index in [-0.39, 0.29) is 11.9 Å². The van der Waals surface area contributed by atoms with Crippen molar-refractivity contribution < 1.29 is 4.79 Å². The van der Waals surface area contributed by atoms with Gasteiger partial charge in [-0.05, 0) is 49.4 Å². The number of benzene rings is 2. The van der Waals surface area contributed by atoms with E-state index < -0.39 is 0 Å². The first kappa shape index (κ1) is 15.6. The van der Waals surface area contributed by atoms with Gasteiger partial charge < -0.3 is 10.2 Å². The van der Waals surface area contributed by atoms with E-state index in [1.165, 1.54) is 16.7 Å². The number of hydrogen-bond acceptors (Lipinski definition) is 2. The van der Waals surface area contributed by atoms with Crippen molar-refractivity contribution in [2.75, 3.05) is 16.8 Å². The average Bonchev–Trinajstić information content (AvgIpc) is 2.89. The maximum atomic E-state index is 12.8. The minimum Gasteiger partial charge on any atom is -0.376 e. The molecule has 0 spiro atoms. The smallest absolute Gasteiger partial charge is 0.246 e. The lowest BCUT2D eigenvalue weighted by Crippen LogP contribution is -2.39. The summed E-state index contributed by atoms with van der Waals surface area (Å²) in [4.78, 5) is 14.7. The first-order valence-electron chi connectivity index (χ1n) is 8.34. The molecule has 1 aliphatic heterocycles. The highest BCUT2D eigenvalue weighted by Gasteiger charge is 2.30. The Hall–Kier alpha value is -2.29. The van der Waals surface area contributed by atoms with E-state index in [9.17, 15) is 4.79 Å². The molecule has 1 heterocycles. The van der Waals surface area contributed by atoms with E-state index in [4.69, 9.17) is 0 Å². The number of aryl methyl sites for hydroxylation is 2. The molecule has 23 heavy (non-hydrogen) atoms. The van der Waals surface area contributed by atoms with Crippen LogP contribution in [0.1, 0.15) is 30.5 Å². The lowest BCUT2D eigenvalue weighted by atomic mass is 10.1. The number of rotatable bonds is 4. The van der Waals surface area contributed by atoms with E-state index in [0.717, 1.165) is 24.2 Å². The zero-order valence-corrected chi connectivity index (χ0v) is 14.1. The topological polar surface area (TPSA) is 32.3 Å². The van der Waals surface area contributed by atoms with Crippen LogP contribution in [0, 0.1) is 6.92 Å². The van der Waals surface area contributed by atoms with Gasteiger partial charge in [0.2, 0.25) is 5.91 Å². The molecule has 0 bridgehead atoms. The quantitative estimate of drug-likeness (QED) is 0.927. The average molecular weight is 308 g/mol. The SMILES string of the molecule is CCc1cccc(C)c1NCC(=O)N1c2ccccc2CC1C. The lowest BCUT2D eigenvalue weighted by Gasteiger charge is -2.24. The number of amides is 1. The molecule has 2 aromatic carbocycles. The summed E-state index contributed by atoms with van der Waals surface area (Å²) < 4.78 is 0. The van der Waals surface area contributed by atoms with Crippen LogP contribution in [0.3, 0.4) is 0 Å². The number of anilines is 2. The molecule has 3 nitrogen and oxygen atoms in total. The van der Waals surface area contributed by atoms with Gasteiger partial charge in [0, 0.05) is 17.4 Å². The highest BCUT2D eigenvalue weighted by molar-refractivity contribution is 5.98. The van der Waals surface area contributed by atoms with Gasteiger partial charge in [-0.15, -0.1) is 0 Å². The van der Waals surface area contributed by atoms with Gasteiger partial charge in [-0.25, -0.2) is 0 Å². The largest absolute Gasteiger partial charge is 0.376 e. The first-order chi connectivity index (χ1) is 11.1. The Morgan fingerprint density at radius 3 is 2.78 bits per heavy atom. The maximum Gasteiger partial charge on any atom is 0.246 e. The number of para-hydroxylation sites is 2. The number of fused-ring (bicyclic) bond motifs is 1. The molecule has 2 aromatic rings. The fraction of sp³-hybridized carbons (Fsp3) is 0.350. The zero-order chi connectivity index (χ0) is 16.4. The van der Waals surface area contributed by atoms with Crippen molar-refractivity contribution >= 4 is 17.3 Å². The van der Waals surface area contributed by atoms with Crippen LogP contribution in [0.25, 0.3) is 0 Å². The predicted octanol–water partition coefficient (Wildman–Crippen LogP) is 3.95. The van der Waals surface area contributed by atoms with Crippen LogP contribution >= 0.6 is 0 Å². The normalized spacial score (nSPS) is 16.3. The summed E-state index contributed by atoms with van der Waals surface area (Å²) in [6.07, 6.45) is 1.90. The van der Waals surface area contributed by atoms with Gasteiger partial charge in [0.1, 0.15) is 0 Å². The van der Waals surface area contributed by atoms with Gasteiger partial charge in [0.15, 0.2) is 0 Å². The molecule has 1 unspecified atom stereocenters. The van der Waals surface area contributed by atoms with Gasteiger partial charge in [-0.1, -0.05) is 43.3 Å². The third kappa shape index (κ3) is 2.96.